The molecule has 0 saturated heterocycles. The van der Waals surface area contributed by atoms with Crippen LogP contribution in [0.5, 0.6) is 17.2 Å². The van der Waals surface area contributed by atoms with Crippen molar-refractivity contribution in [3.63, 3.8) is 0 Å². The number of carbonyl (C=O) groups excluding carboxylic acids is 4. The van der Waals surface area contributed by atoms with Crippen LogP contribution >= 0.6 is 0 Å². The Morgan fingerprint density at radius 3 is 1.87 bits per heavy atom. The maximum absolute atomic E-state index is 12.7. The Morgan fingerprint density at radius 1 is 0.742 bits per heavy atom. The van der Waals surface area contributed by atoms with Crippen LogP contribution in [0.4, 0.5) is 5.69 Å². The number of imide groups is 1. The van der Waals surface area contributed by atoms with E-state index in [1.165, 1.54) is 26.2 Å². The van der Waals surface area contributed by atoms with Crippen molar-refractivity contribution in [2.45, 2.75) is 6.42 Å². The van der Waals surface area contributed by atoms with Crippen molar-refractivity contribution in [3.8, 4) is 17.2 Å². The highest BCUT2D eigenvalue weighted by Crippen LogP contribution is 2.48. The van der Waals surface area contributed by atoms with E-state index in [1.54, 1.807) is 30.3 Å². The summed E-state index contributed by atoms with van der Waals surface area (Å²) in [5, 5.41) is 0. The lowest BCUT2D eigenvalue weighted by Gasteiger charge is -2.21. The normalized spacial score (nSPS) is 14.8. The van der Waals surface area contributed by atoms with Crippen molar-refractivity contribution in [3.05, 3.63) is 47.0 Å². The van der Waals surface area contributed by atoms with Gasteiger partial charge in [-0.2, -0.15) is 0 Å². The van der Waals surface area contributed by atoms with Gasteiger partial charge in [-0.1, -0.05) is 12.1 Å². The number of ketones is 1. The second-order valence-electron chi connectivity index (χ2n) is 6.99. The van der Waals surface area contributed by atoms with Crippen LogP contribution in [-0.4, -0.2) is 62.8 Å². The summed E-state index contributed by atoms with van der Waals surface area (Å²) in [5.41, 5.74) is 1.18. The number of hydrogen-bond donors (Lipinski definition) is 0. The second-order valence-corrected chi connectivity index (χ2v) is 6.99. The fourth-order valence-electron chi connectivity index (χ4n) is 3.97. The zero-order chi connectivity index (χ0) is 22.3. The Labute approximate surface area is 178 Å². The van der Waals surface area contributed by atoms with E-state index >= 15 is 0 Å². The minimum Gasteiger partial charge on any atom is -0.493 e. The first-order valence-electron chi connectivity index (χ1n) is 9.59. The van der Waals surface area contributed by atoms with Crippen molar-refractivity contribution >= 4 is 29.2 Å². The Balaban J connectivity index is 1.56. The molecule has 2 aromatic rings. The first-order valence-corrected chi connectivity index (χ1v) is 9.59. The maximum Gasteiger partial charge on any atom is 0.299 e. The van der Waals surface area contributed by atoms with Gasteiger partial charge in [-0.3, -0.25) is 24.1 Å². The topological polar surface area (TPSA) is 102 Å². The molecule has 9 nitrogen and oxygen atoms in total. The van der Waals surface area contributed by atoms with Crippen molar-refractivity contribution in [1.29, 1.82) is 0 Å². The first-order chi connectivity index (χ1) is 14.9. The Kier molecular flexibility index (Phi) is 5.10. The molecule has 9 heteroatoms. The molecule has 2 aromatic carbocycles. The van der Waals surface area contributed by atoms with Gasteiger partial charge in [0.05, 0.1) is 43.7 Å². The zero-order valence-corrected chi connectivity index (χ0v) is 17.3. The van der Waals surface area contributed by atoms with E-state index in [1.807, 2.05) is 0 Å². The monoisotopic (exact) mass is 424 g/mol. The average Bonchev–Trinajstić information content (AvgIpc) is 3.18. The van der Waals surface area contributed by atoms with Gasteiger partial charge in [-0.05, 0) is 18.6 Å². The Morgan fingerprint density at radius 2 is 1.32 bits per heavy atom. The van der Waals surface area contributed by atoms with E-state index in [2.05, 4.69) is 0 Å². The van der Waals surface area contributed by atoms with E-state index in [9.17, 15) is 19.2 Å². The third kappa shape index (κ3) is 3.00. The minimum absolute atomic E-state index is 0.103. The molecule has 0 bridgehead atoms. The SMILES string of the molecule is COc1cc2c(c(OC)c1OC)C(=O)C(=O)N2CCCN1C(=O)c2ccccc2C1=O. The molecule has 0 aromatic heterocycles. The molecule has 0 spiro atoms. The lowest BCUT2D eigenvalue weighted by atomic mass is 10.1. The Bertz CT molecular complexity index is 1090. The van der Waals surface area contributed by atoms with Gasteiger partial charge in [0.1, 0.15) is 0 Å². The van der Waals surface area contributed by atoms with Crippen molar-refractivity contribution in [1.82, 2.24) is 4.90 Å². The summed E-state index contributed by atoms with van der Waals surface area (Å²) >= 11 is 0. The molecule has 0 aliphatic carbocycles. The molecule has 0 unspecified atom stereocenters. The van der Waals surface area contributed by atoms with Crippen molar-refractivity contribution < 1.29 is 33.4 Å². The van der Waals surface area contributed by atoms with Gasteiger partial charge in [0.2, 0.25) is 5.75 Å². The van der Waals surface area contributed by atoms with E-state index in [0.717, 1.165) is 4.90 Å². The van der Waals surface area contributed by atoms with E-state index in [4.69, 9.17) is 14.2 Å². The number of nitrogens with zero attached hydrogens (tertiary/aromatic N) is 2. The molecule has 2 heterocycles. The third-order valence-corrected chi connectivity index (χ3v) is 5.41. The third-order valence-electron chi connectivity index (χ3n) is 5.41. The number of anilines is 1. The molecule has 0 atom stereocenters. The molecule has 0 radical (unpaired) electrons. The van der Waals surface area contributed by atoms with Crippen LogP contribution in [0.1, 0.15) is 37.5 Å². The molecule has 160 valence electrons. The van der Waals surface area contributed by atoms with Gasteiger partial charge in [0, 0.05) is 19.2 Å². The maximum atomic E-state index is 12.7. The summed E-state index contributed by atoms with van der Waals surface area (Å²) in [6.45, 7) is 0.244. The van der Waals surface area contributed by atoms with Crippen LogP contribution in [0.15, 0.2) is 30.3 Å². The molecule has 31 heavy (non-hydrogen) atoms. The van der Waals surface area contributed by atoms with Crippen LogP contribution in [-0.2, 0) is 4.79 Å². The largest absolute Gasteiger partial charge is 0.493 e. The molecule has 0 saturated carbocycles. The van der Waals surface area contributed by atoms with Gasteiger partial charge in [-0.25, -0.2) is 0 Å². The number of Topliss-reactive ketones (excluding diaryl/α,β-unsaturated/α-hetero) is 1. The predicted octanol–water partition coefficient (Wildman–Crippen LogP) is 1.93. The first kappa shape index (κ1) is 20.4. The van der Waals surface area contributed by atoms with E-state index < -0.39 is 11.7 Å². The van der Waals surface area contributed by atoms with Crippen molar-refractivity contribution in [2.24, 2.45) is 0 Å². The quantitative estimate of drug-likeness (QED) is 0.494. The highest BCUT2D eigenvalue weighted by molar-refractivity contribution is 6.53. The summed E-state index contributed by atoms with van der Waals surface area (Å²) < 4.78 is 15.9. The molecule has 2 aliphatic heterocycles. The van der Waals surface area contributed by atoms with E-state index in [0.29, 0.717) is 29.0 Å². The molecule has 3 amide bonds. The highest BCUT2D eigenvalue weighted by atomic mass is 16.5. The van der Waals surface area contributed by atoms with Gasteiger partial charge in [0.15, 0.2) is 11.5 Å². The number of fused-ring (bicyclic) bond motifs is 2. The summed E-state index contributed by atoms with van der Waals surface area (Å²) in [5.74, 6) is -1.50. The van der Waals surface area contributed by atoms with Crippen LogP contribution in [0.25, 0.3) is 0 Å². The molecule has 0 fully saturated rings. The smallest absolute Gasteiger partial charge is 0.299 e. The predicted molar refractivity (Wildman–Crippen MR) is 109 cm³/mol. The number of methoxy groups -OCH3 is 3. The zero-order valence-electron chi connectivity index (χ0n) is 17.3. The molecule has 4 rings (SSSR count). The lowest BCUT2D eigenvalue weighted by molar-refractivity contribution is -0.114. The fourth-order valence-corrected chi connectivity index (χ4v) is 3.97. The molecule has 0 N–H and O–H groups in total. The van der Waals surface area contributed by atoms with Gasteiger partial charge >= 0.3 is 0 Å². The fraction of sp³-hybridized carbons (Fsp3) is 0.273. The molecular weight excluding hydrogens is 404 g/mol. The van der Waals surface area contributed by atoms with Gasteiger partial charge < -0.3 is 19.1 Å². The Hall–Kier alpha value is -3.88. The number of benzene rings is 2. The van der Waals surface area contributed by atoms with Crippen LogP contribution in [0.3, 0.4) is 0 Å². The number of hydrogen-bond acceptors (Lipinski definition) is 7. The van der Waals surface area contributed by atoms with Crippen LogP contribution in [0, 0.1) is 0 Å². The second kappa shape index (κ2) is 7.75. The lowest BCUT2D eigenvalue weighted by Crippen LogP contribution is -2.35. The van der Waals surface area contributed by atoms with Crippen LogP contribution in [0.2, 0.25) is 0 Å². The summed E-state index contributed by atoms with van der Waals surface area (Å²) in [7, 11) is 4.23. The minimum atomic E-state index is -0.717. The van der Waals surface area contributed by atoms with E-state index in [-0.39, 0.29) is 42.0 Å². The number of ether oxygens (including phenoxy) is 3. The average molecular weight is 424 g/mol. The number of carbonyl (C=O) groups is 4. The molecule has 2 aliphatic rings. The van der Waals surface area contributed by atoms with Gasteiger partial charge in [-0.15, -0.1) is 0 Å². The summed E-state index contributed by atoms with van der Waals surface area (Å²) in [4.78, 5) is 52.8. The molecular formula is C22H20N2O7. The standard InChI is InChI=1S/C22H20N2O7/c1-29-15-11-14-16(19(31-3)18(15)30-2)17(25)22(28)23(14)9-6-10-24-20(26)12-7-4-5-8-13(12)21(24)27/h4-5,7-8,11H,6,9-10H2,1-3H3. The summed E-state index contributed by atoms with van der Waals surface area (Å²) in [6.07, 6.45) is 0.292. The number of rotatable bonds is 7. The van der Waals surface area contributed by atoms with Crippen molar-refractivity contribution in [2.75, 3.05) is 39.3 Å². The van der Waals surface area contributed by atoms with Gasteiger partial charge in [0.25, 0.3) is 23.5 Å². The highest BCUT2D eigenvalue weighted by Gasteiger charge is 2.41. The van der Waals surface area contributed by atoms with Crippen LogP contribution < -0.4 is 19.1 Å². The number of amides is 3. The summed E-state index contributed by atoms with van der Waals surface area (Å²) in [6, 6.07) is 8.17.